The van der Waals surface area contributed by atoms with E-state index in [1.165, 1.54) is 32.6 Å². The molecule has 2 N–H and O–H groups in total. The molecule has 0 radical (unpaired) electrons. The molecule has 0 bridgehead atoms. The Morgan fingerprint density at radius 1 is 1.33 bits per heavy atom. The maximum absolute atomic E-state index is 10.9. The number of carbonyl (C=O) groups is 2. The highest BCUT2D eigenvalue weighted by Gasteiger charge is 2.21. The zero-order valence-corrected chi connectivity index (χ0v) is 12.0. The number of nitrogens with one attached hydrogen (secondary N) is 1. The number of hydrogen-bond donors (Lipinski definition) is 2. The summed E-state index contributed by atoms with van der Waals surface area (Å²) in [6.45, 7) is 3.64. The first-order chi connectivity index (χ1) is 8.49. The quantitative estimate of drug-likeness (QED) is 0.779. The number of thioether (sulfide) groups is 1. The van der Waals surface area contributed by atoms with E-state index in [4.69, 9.17) is 5.11 Å². The van der Waals surface area contributed by atoms with Gasteiger partial charge in [0.1, 0.15) is 6.04 Å². The average molecular weight is 273 g/mol. The van der Waals surface area contributed by atoms with Crippen molar-refractivity contribution in [1.29, 1.82) is 0 Å². The normalized spacial score (nSPS) is 25.4. The van der Waals surface area contributed by atoms with Crippen LogP contribution in [0.15, 0.2) is 0 Å². The largest absolute Gasteiger partial charge is 0.480 e. The summed E-state index contributed by atoms with van der Waals surface area (Å²) in [6.07, 6.45) is 5.55. The molecule has 4 nitrogen and oxygen atoms in total. The molecule has 1 unspecified atom stereocenters. The summed E-state index contributed by atoms with van der Waals surface area (Å²) < 4.78 is 0. The van der Waals surface area contributed by atoms with Gasteiger partial charge in [-0.05, 0) is 43.8 Å². The molecule has 0 aromatic carbocycles. The number of carbonyl (C=O) groups excluding carboxylic acids is 1. The number of carboxylic acid groups (broad SMARTS) is 1. The fraction of sp³-hybridized carbons (Fsp3) is 0.846. The van der Waals surface area contributed by atoms with Gasteiger partial charge < -0.3 is 10.4 Å². The minimum Gasteiger partial charge on any atom is -0.480 e. The molecule has 1 aliphatic carbocycles. The maximum Gasteiger partial charge on any atom is 0.326 e. The van der Waals surface area contributed by atoms with Gasteiger partial charge in [0, 0.05) is 12.2 Å². The number of amides is 1. The second-order valence-electron chi connectivity index (χ2n) is 5.13. The Morgan fingerprint density at radius 2 is 1.94 bits per heavy atom. The number of rotatable bonds is 6. The minimum absolute atomic E-state index is 0.279. The van der Waals surface area contributed by atoms with Crippen LogP contribution < -0.4 is 5.32 Å². The molecule has 0 aromatic rings. The van der Waals surface area contributed by atoms with Gasteiger partial charge in [-0.15, -0.1) is 0 Å². The first-order valence-electron chi connectivity index (χ1n) is 6.60. The van der Waals surface area contributed by atoms with Gasteiger partial charge in [-0.2, -0.15) is 11.8 Å². The number of carboxylic acids is 1. The van der Waals surface area contributed by atoms with Gasteiger partial charge in [0.05, 0.1) is 0 Å². The van der Waals surface area contributed by atoms with Crippen LogP contribution in [0, 0.1) is 5.92 Å². The molecule has 18 heavy (non-hydrogen) atoms. The Morgan fingerprint density at radius 3 is 2.44 bits per heavy atom. The van der Waals surface area contributed by atoms with Gasteiger partial charge in [-0.1, -0.05) is 6.92 Å². The molecule has 1 atom stereocenters. The Kier molecular flexibility index (Phi) is 6.54. The van der Waals surface area contributed by atoms with E-state index in [9.17, 15) is 9.59 Å². The fourth-order valence-electron chi connectivity index (χ4n) is 2.25. The lowest BCUT2D eigenvalue weighted by Crippen LogP contribution is -2.40. The molecule has 104 valence electrons. The lowest BCUT2D eigenvalue weighted by molar-refractivity contribution is -0.141. The van der Waals surface area contributed by atoms with E-state index < -0.39 is 12.0 Å². The summed E-state index contributed by atoms with van der Waals surface area (Å²) in [5.74, 6) is 0.422. The van der Waals surface area contributed by atoms with Crippen molar-refractivity contribution < 1.29 is 14.7 Å². The SMILES string of the molecule is CC(=O)NC(CCSC1CCC(C)CC1)C(=O)O. The van der Waals surface area contributed by atoms with Gasteiger partial charge in [0.15, 0.2) is 0 Å². The van der Waals surface area contributed by atoms with Crippen LogP contribution in [0.1, 0.15) is 46.0 Å². The van der Waals surface area contributed by atoms with E-state index in [1.54, 1.807) is 0 Å². The van der Waals surface area contributed by atoms with Crippen LogP contribution >= 0.6 is 11.8 Å². The smallest absolute Gasteiger partial charge is 0.326 e. The molecule has 0 aliphatic heterocycles. The lowest BCUT2D eigenvalue weighted by Gasteiger charge is -2.26. The van der Waals surface area contributed by atoms with Crippen LogP contribution in [0.5, 0.6) is 0 Å². The van der Waals surface area contributed by atoms with Crippen molar-refractivity contribution >= 4 is 23.6 Å². The van der Waals surface area contributed by atoms with Crippen molar-refractivity contribution in [3.05, 3.63) is 0 Å². The first kappa shape index (κ1) is 15.3. The molecule has 5 heteroatoms. The summed E-state index contributed by atoms with van der Waals surface area (Å²) in [4.78, 5) is 21.8. The summed E-state index contributed by atoms with van der Waals surface area (Å²) >= 11 is 1.86. The van der Waals surface area contributed by atoms with Crippen LogP contribution in [-0.4, -0.2) is 34.0 Å². The Balaban J connectivity index is 2.22. The highest BCUT2D eigenvalue weighted by molar-refractivity contribution is 7.99. The van der Waals surface area contributed by atoms with E-state index in [-0.39, 0.29) is 5.91 Å². The van der Waals surface area contributed by atoms with Crippen molar-refractivity contribution in [2.45, 2.75) is 57.2 Å². The monoisotopic (exact) mass is 273 g/mol. The van der Waals surface area contributed by atoms with Gasteiger partial charge in [0.25, 0.3) is 0 Å². The molecule has 1 fully saturated rings. The van der Waals surface area contributed by atoms with Gasteiger partial charge in [-0.25, -0.2) is 4.79 Å². The van der Waals surface area contributed by atoms with E-state index in [1.807, 2.05) is 11.8 Å². The van der Waals surface area contributed by atoms with Crippen LogP contribution in [0.2, 0.25) is 0 Å². The number of hydrogen-bond acceptors (Lipinski definition) is 3. The maximum atomic E-state index is 10.9. The van der Waals surface area contributed by atoms with Crippen LogP contribution in [-0.2, 0) is 9.59 Å². The summed E-state index contributed by atoms with van der Waals surface area (Å²) in [5.41, 5.74) is 0. The second-order valence-corrected chi connectivity index (χ2v) is 6.54. The van der Waals surface area contributed by atoms with Gasteiger partial charge >= 0.3 is 5.97 Å². The van der Waals surface area contributed by atoms with E-state index in [0.29, 0.717) is 11.7 Å². The van der Waals surface area contributed by atoms with Crippen LogP contribution in [0.3, 0.4) is 0 Å². The molecule has 1 saturated carbocycles. The summed E-state index contributed by atoms with van der Waals surface area (Å²) in [5, 5.41) is 12.1. The molecule has 0 aromatic heterocycles. The fourth-order valence-corrected chi connectivity index (χ4v) is 3.56. The third-order valence-electron chi connectivity index (χ3n) is 3.40. The second kappa shape index (κ2) is 7.67. The van der Waals surface area contributed by atoms with Crippen LogP contribution in [0.4, 0.5) is 0 Å². The third kappa shape index (κ3) is 5.76. The van der Waals surface area contributed by atoms with Crippen molar-refractivity contribution in [2.24, 2.45) is 5.92 Å². The van der Waals surface area contributed by atoms with Gasteiger partial charge in [0.2, 0.25) is 5.91 Å². The highest BCUT2D eigenvalue weighted by atomic mass is 32.2. The number of aliphatic carboxylic acids is 1. The van der Waals surface area contributed by atoms with Crippen molar-refractivity contribution in [3.8, 4) is 0 Å². The zero-order chi connectivity index (χ0) is 13.5. The van der Waals surface area contributed by atoms with Crippen LogP contribution in [0.25, 0.3) is 0 Å². The average Bonchev–Trinajstić information content (AvgIpc) is 2.29. The lowest BCUT2D eigenvalue weighted by atomic mass is 9.91. The predicted molar refractivity (Wildman–Crippen MR) is 73.7 cm³/mol. The minimum atomic E-state index is -0.942. The molecule has 1 aliphatic rings. The topological polar surface area (TPSA) is 66.4 Å². The molecule has 1 amide bonds. The Hall–Kier alpha value is -0.710. The first-order valence-corrected chi connectivity index (χ1v) is 7.65. The van der Waals surface area contributed by atoms with Crippen molar-refractivity contribution in [2.75, 3.05) is 5.75 Å². The summed E-state index contributed by atoms with van der Waals surface area (Å²) in [7, 11) is 0. The Labute approximate surface area is 113 Å². The van der Waals surface area contributed by atoms with Crippen molar-refractivity contribution in [3.63, 3.8) is 0 Å². The molecule has 0 saturated heterocycles. The molecular weight excluding hydrogens is 250 g/mol. The standard InChI is InChI=1S/C13H23NO3S/c1-9-3-5-11(6-4-9)18-8-7-12(13(16)17)14-10(2)15/h9,11-12H,3-8H2,1-2H3,(H,14,15)(H,16,17). The predicted octanol–water partition coefficient (Wildman–Crippen LogP) is 2.28. The third-order valence-corrected chi connectivity index (χ3v) is 4.81. The highest BCUT2D eigenvalue weighted by Crippen LogP contribution is 2.31. The van der Waals surface area contributed by atoms with Gasteiger partial charge in [-0.3, -0.25) is 4.79 Å². The zero-order valence-electron chi connectivity index (χ0n) is 11.1. The molecular formula is C13H23NO3S. The van der Waals surface area contributed by atoms with E-state index in [0.717, 1.165) is 11.7 Å². The Bertz CT molecular complexity index is 288. The molecule has 0 heterocycles. The molecule has 1 rings (SSSR count). The van der Waals surface area contributed by atoms with E-state index >= 15 is 0 Å². The van der Waals surface area contributed by atoms with Crippen molar-refractivity contribution in [1.82, 2.24) is 5.32 Å². The molecule has 0 spiro atoms. The summed E-state index contributed by atoms with van der Waals surface area (Å²) in [6, 6.07) is -0.738. The van der Waals surface area contributed by atoms with E-state index in [2.05, 4.69) is 12.2 Å².